The molecule has 0 saturated carbocycles. The SMILES string of the molecule is CCCCC1=C(C(=O)OCC)C(c2ccc(OC(=O)c3ccccc3)c(OC)c2)NC(=O)N1. The molecule has 1 unspecified atom stereocenters. The summed E-state index contributed by atoms with van der Waals surface area (Å²) in [5, 5.41) is 5.55. The van der Waals surface area contributed by atoms with Gasteiger partial charge in [-0.1, -0.05) is 37.6 Å². The van der Waals surface area contributed by atoms with Crippen LogP contribution in [0.2, 0.25) is 0 Å². The van der Waals surface area contributed by atoms with E-state index in [0.29, 0.717) is 34.6 Å². The molecule has 2 aromatic rings. The summed E-state index contributed by atoms with van der Waals surface area (Å²) in [5.41, 5.74) is 1.89. The molecule has 8 nitrogen and oxygen atoms in total. The molecule has 1 atom stereocenters. The number of amides is 2. The first-order chi connectivity index (χ1) is 16.0. The van der Waals surface area contributed by atoms with Crippen molar-refractivity contribution in [1.82, 2.24) is 10.6 Å². The highest BCUT2D eigenvalue weighted by atomic mass is 16.6. The van der Waals surface area contributed by atoms with Gasteiger partial charge < -0.3 is 24.8 Å². The molecule has 1 aliphatic heterocycles. The number of nitrogens with one attached hydrogen (secondary N) is 2. The van der Waals surface area contributed by atoms with Crippen LogP contribution in [0.5, 0.6) is 11.5 Å². The van der Waals surface area contributed by atoms with Crippen molar-refractivity contribution < 1.29 is 28.6 Å². The second kappa shape index (κ2) is 11.2. The molecule has 2 amide bonds. The van der Waals surface area contributed by atoms with E-state index in [0.717, 1.165) is 12.8 Å². The number of rotatable bonds is 9. The molecule has 0 aromatic heterocycles. The maximum Gasteiger partial charge on any atom is 0.343 e. The van der Waals surface area contributed by atoms with Gasteiger partial charge in [-0.2, -0.15) is 0 Å². The van der Waals surface area contributed by atoms with Crippen molar-refractivity contribution in [2.75, 3.05) is 13.7 Å². The van der Waals surface area contributed by atoms with Crippen LogP contribution in [0.1, 0.15) is 55.1 Å². The highest BCUT2D eigenvalue weighted by molar-refractivity contribution is 5.95. The van der Waals surface area contributed by atoms with E-state index in [2.05, 4.69) is 10.6 Å². The minimum absolute atomic E-state index is 0.210. The predicted octanol–water partition coefficient (Wildman–Crippen LogP) is 4.28. The van der Waals surface area contributed by atoms with Crippen LogP contribution in [0.4, 0.5) is 4.79 Å². The van der Waals surface area contributed by atoms with Gasteiger partial charge in [0, 0.05) is 5.70 Å². The Kier molecular flexibility index (Phi) is 8.07. The largest absolute Gasteiger partial charge is 0.493 e. The number of allylic oxidation sites excluding steroid dienone is 1. The van der Waals surface area contributed by atoms with E-state index in [9.17, 15) is 14.4 Å². The monoisotopic (exact) mass is 452 g/mol. The molecule has 0 fully saturated rings. The first-order valence-corrected chi connectivity index (χ1v) is 10.9. The summed E-state index contributed by atoms with van der Waals surface area (Å²) in [7, 11) is 1.45. The van der Waals surface area contributed by atoms with E-state index in [1.54, 1.807) is 49.4 Å². The van der Waals surface area contributed by atoms with Crippen LogP contribution in [0, 0.1) is 0 Å². The topological polar surface area (TPSA) is 103 Å². The Morgan fingerprint density at radius 2 is 1.76 bits per heavy atom. The Hall–Kier alpha value is -3.81. The average Bonchev–Trinajstić information content (AvgIpc) is 2.83. The number of urea groups is 1. The first-order valence-electron chi connectivity index (χ1n) is 10.9. The molecule has 0 bridgehead atoms. The number of carbonyl (C=O) groups excluding carboxylic acids is 3. The predicted molar refractivity (Wildman–Crippen MR) is 122 cm³/mol. The third-order valence-corrected chi connectivity index (χ3v) is 5.16. The molecule has 1 heterocycles. The Morgan fingerprint density at radius 1 is 1.00 bits per heavy atom. The summed E-state index contributed by atoms with van der Waals surface area (Å²) in [6.45, 7) is 3.97. The summed E-state index contributed by atoms with van der Waals surface area (Å²) in [6.07, 6.45) is 2.25. The number of unbranched alkanes of at least 4 members (excludes halogenated alkanes) is 1. The number of methoxy groups -OCH3 is 1. The van der Waals surface area contributed by atoms with Gasteiger partial charge in [0.2, 0.25) is 0 Å². The van der Waals surface area contributed by atoms with Gasteiger partial charge in [0.1, 0.15) is 0 Å². The summed E-state index contributed by atoms with van der Waals surface area (Å²) in [5.74, 6) is -0.503. The molecule has 33 heavy (non-hydrogen) atoms. The lowest BCUT2D eigenvalue weighted by Gasteiger charge is -2.29. The number of esters is 2. The molecule has 0 saturated heterocycles. The van der Waals surface area contributed by atoms with Crippen LogP contribution in [0.25, 0.3) is 0 Å². The molecule has 174 valence electrons. The van der Waals surface area contributed by atoms with Gasteiger partial charge >= 0.3 is 18.0 Å². The third-order valence-electron chi connectivity index (χ3n) is 5.16. The zero-order valence-electron chi connectivity index (χ0n) is 19.0. The Bertz CT molecular complexity index is 1050. The molecule has 3 rings (SSSR count). The number of hydrogen-bond donors (Lipinski definition) is 2. The quantitative estimate of drug-likeness (QED) is 0.435. The van der Waals surface area contributed by atoms with Crippen molar-refractivity contribution in [1.29, 1.82) is 0 Å². The van der Waals surface area contributed by atoms with Gasteiger partial charge in [0.05, 0.1) is 30.9 Å². The van der Waals surface area contributed by atoms with Crippen molar-refractivity contribution in [3.8, 4) is 11.5 Å². The Labute approximate surface area is 192 Å². The third kappa shape index (κ3) is 5.71. The molecule has 1 aliphatic rings. The molecule has 2 N–H and O–H groups in total. The fraction of sp³-hybridized carbons (Fsp3) is 0.320. The molecule has 0 aliphatic carbocycles. The van der Waals surface area contributed by atoms with Crippen LogP contribution >= 0.6 is 0 Å². The van der Waals surface area contributed by atoms with Gasteiger partial charge in [-0.05, 0) is 49.6 Å². The molecule has 2 aromatic carbocycles. The van der Waals surface area contributed by atoms with Crippen molar-refractivity contribution in [3.63, 3.8) is 0 Å². The van der Waals surface area contributed by atoms with Crippen LogP contribution in [0.15, 0.2) is 59.8 Å². The van der Waals surface area contributed by atoms with Gasteiger partial charge in [-0.25, -0.2) is 14.4 Å². The van der Waals surface area contributed by atoms with Crippen molar-refractivity contribution in [2.24, 2.45) is 0 Å². The lowest BCUT2D eigenvalue weighted by Crippen LogP contribution is -2.46. The van der Waals surface area contributed by atoms with E-state index in [1.807, 2.05) is 13.0 Å². The smallest absolute Gasteiger partial charge is 0.343 e. The summed E-state index contributed by atoms with van der Waals surface area (Å²) in [6, 6.07) is 12.4. The number of hydrogen-bond acceptors (Lipinski definition) is 6. The molecule has 0 spiro atoms. The lowest BCUT2D eigenvalue weighted by atomic mass is 9.93. The molecule has 0 radical (unpaired) electrons. The lowest BCUT2D eigenvalue weighted by molar-refractivity contribution is -0.139. The minimum Gasteiger partial charge on any atom is -0.493 e. The highest BCUT2D eigenvalue weighted by Gasteiger charge is 2.34. The minimum atomic E-state index is -0.738. The zero-order chi connectivity index (χ0) is 23.8. The number of benzene rings is 2. The van der Waals surface area contributed by atoms with Crippen molar-refractivity contribution >= 4 is 18.0 Å². The zero-order valence-corrected chi connectivity index (χ0v) is 19.0. The fourth-order valence-corrected chi connectivity index (χ4v) is 3.55. The normalized spacial score (nSPS) is 15.4. The molecule has 8 heteroatoms. The van der Waals surface area contributed by atoms with Gasteiger partial charge in [-0.3, -0.25) is 0 Å². The number of ether oxygens (including phenoxy) is 3. The Balaban J connectivity index is 1.96. The van der Waals surface area contributed by atoms with E-state index >= 15 is 0 Å². The standard InChI is InChI=1S/C25H28N2O6/c1-4-6-12-18-21(24(29)32-5-2)22(27-25(30)26-18)17-13-14-19(20(15-17)31-3)33-23(28)16-10-8-7-9-11-16/h7-11,13-15,22H,4-6,12H2,1-3H3,(H2,26,27,30). The van der Waals surface area contributed by atoms with Gasteiger partial charge in [0.15, 0.2) is 11.5 Å². The number of carbonyl (C=O) groups is 3. The summed E-state index contributed by atoms with van der Waals surface area (Å²) >= 11 is 0. The average molecular weight is 453 g/mol. The van der Waals surface area contributed by atoms with Crippen LogP contribution < -0.4 is 20.1 Å². The molecular weight excluding hydrogens is 424 g/mol. The highest BCUT2D eigenvalue weighted by Crippen LogP contribution is 2.35. The second-order valence-corrected chi connectivity index (χ2v) is 7.41. The van der Waals surface area contributed by atoms with E-state index < -0.39 is 24.0 Å². The van der Waals surface area contributed by atoms with E-state index in [1.165, 1.54) is 7.11 Å². The van der Waals surface area contributed by atoms with E-state index in [-0.39, 0.29) is 12.4 Å². The van der Waals surface area contributed by atoms with Crippen LogP contribution in [0.3, 0.4) is 0 Å². The van der Waals surface area contributed by atoms with Crippen LogP contribution in [-0.4, -0.2) is 31.7 Å². The van der Waals surface area contributed by atoms with E-state index in [4.69, 9.17) is 14.2 Å². The second-order valence-electron chi connectivity index (χ2n) is 7.41. The first kappa shape index (κ1) is 23.8. The Morgan fingerprint density at radius 3 is 2.42 bits per heavy atom. The maximum atomic E-state index is 12.8. The summed E-state index contributed by atoms with van der Waals surface area (Å²) in [4.78, 5) is 37.6. The maximum absolute atomic E-state index is 12.8. The van der Waals surface area contributed by atoms with Crippen molar-refractivity contribution in [3.05, 3.63) is 70.9 Å². The molecular formula is C25H28N2O6. The fourth-order valence-electron chi connectivity index (χ4n) is 3.55. The van der Waals surface area contributed by atoms with Gasteiger partial charge in [-0.15, -0.1) is 0 Å². The van der Waals surface area contributed by atoms with Crippen LogP contribution in [-0.2, 0) is 9.53 Å². The summed E-state index contributed by atoms with van der Waals surface area (Å²) < 4.78 is 16.2. The van der Waals surface area contributed by atoms with Crippen molar-refractivity contribution in [2.45, 2.75) is 39.2 Å². The van der Waals surface area contributed by atoms with Gasteiger partial charge in [0.25, 0.3) is 0 Å².